The summed E-state index contributed by atoms with van der Waals surface area (Å²) in [5, 5.41) is 12.8. The normalized spacial score (nSPS) is 10.9. The van der Waals surface area contributed by atoms with E-state index in [1.807, 2.05) is 6.07 Å². The monoisotopic (exact) mass is 281 g/mol. The highest BCUT2D eigenvalue weighted by molar-refractivity contribution is 5.66. The Labute approximate surface area is 118 Å². The van der Waals surface area contributed by atoms with Gasteiger partial charge in [0.15, 0.2) is 0 Å². The number of carbonyl (C=O) groups is 2. The number of hydroxylamine groups is 2. The molecule has 0 unspecified atom stereocenters. The molecule has 6 nitrogen and oxygen atoms in total. The summed E-state index contributed by atoms with van der Waals surface area (Å²) in [6, 6.07) is 8.74. The lowest BCUT2D eigenvalue weighted by Gasteiger charge is -2.41. The highest BCUT2D eigenvalue weighted by atomic mass is 16.6. The van der Waals surface area contributed by atoms with Crippen LogP contribution in [-0.2, 0) is 19.1 Å². The van der Waals surface area contributed by atoms with Crippen LogP contribution in [0.4, 0.5) is 5.69 Å². The van der Waals surface area contributed by atoms with Crippen molar-refractivity contribution in [2.75, 3.05) is 26.3 Å². The van der Waals surface area contributed by atoms with Gasteiger partial charge in [-0.3, -0.25) is 9.59 Å². The van der Waals surface area contributed by atoms with Gasteiger partial charge in [-0.25, -0.2) is 0 Å². The smallest absolute Gasteiger partial charge is 0.302 e. The van der Waals surface area contributed by atoms with Gasteiger partial charge in [-0.2, -0.15) is 0 Å². The molecule has 0 radical (unpaired) electrons. The van der Waals surface area contributed by atoms with Gasteiger partial charge >= 0.3 is 11.9 Å². The van der Waals surface area contributed by atoms with Crippen LogP contribution >= 0.6 is 0 Å². The number of carbonyl (C=O) groups excluding carboxylic acids is 2. The average molecular weight is 281 g/mol. The second-order valence-electron chi connectivity index (χ2n) is 4.35. The van der Waals surface area contributed by atoms with E-state index in [1.165, 1.54) is 13.8 Å². The number of rotatable bonds is 7. The van der Waals surface area contributed by atoms with Crippen LogP contribution < -0.4 is 4.65 Å². The van der Waals surface area contributed by atoms with Crippen LogP contribution in [0.15, 0.2) is 30.3 Å². The first-order chi connectivity index (χ1) is 9.44. The van der Waals surface area contributed by atoms with Gasteiger partial charge in [-0.1, -0.05) is 18.2 Å². The molecule has 110 valence electrons. The number of nitrogens with zero attached hydrogens (tertiary/aromatic N) is 1. The summed E-state index contributed by atoms with van der Waals surface area (Å²) in [6.07, 6.45) is 0. The lowest BCUT2D eigenvalue weighted by molar-refractivity contribution is -0.141. The SMILES string of the molecule is CC(=O)OCC[N+]([O-])(CCOC(C)=O)c1ccccc1. The zero-order chi connectivity index (χ0) is 15.0. The van der Waals surface area contributed by atoms with Crippen LogP contribution in [0, 0.1) is 5.21 Å². The van der Waals surface area contributed by atoms with E-state index in [9.17, 15) is 14.8 Å². The van der Waals surface area contributed by atoms with Gasteiger partial charge in [0.1, 0.15) is 32.0 Å². The molecule has 0 saturated heterocycles. The Balaban J connectivity index is 2.71. The molecule has 0 heterocycles. The maximum Gasteiger partial charge on any atom is 0.302 e. The minimum absolute atomic E-state index is 0.0216. The molecule has 0 atom stereocenters. The zero-order valence-corrected chi connectivity index (χ0v) is 11.7. The maximum absolute atomic E-state index is 12.8. The van der Waals surface area contributed by atoms with Crippen molar-refractivity contribution in [3.8, 4) is 0 Å². The van der Waals surface area contributed by atoms with E-state index in [0.717, 1.165) is 0 Å². The Morgan fingerprint density at radius 1 is 1.00 bits per heavy atom. The fraction of sp³-hybridized carbons (Fsp3) is 0.429. The van der Waals surface area contributed by atoms with Crippen LogP contribution in [0.3, 0.4) is 0 Å². The molecule has 1 rings (SSSR count). The van der Waals surface area contributed by atoms with E-state index < -0.39 is 16.6 Å². The third-order valence-electron chi connectivity index (χ3n) is 2.74. The van der Waals surface area contributed by atoms with Crippen molar-refractivity contribution in [3.05, 3.63) is 35.5 Å². The van der Waals surface area contributed by atoms with E-state index in [0.29, 0.717) is 5.69 Å². The summed E-state index contributed by atoms with van der Waals surface area (Å²) in [4.78, 5) is 21.5. The quantitative estimate of drug-likeness (QED) is 0.431. The standard InChI is InChI=1S/C14H19NO5/c1-12(16)19-10-8-15(18,9-11-20-13(2)17)14-6-4-3-5-7-14/h3-7H,8-11H2,1-2H3. The first kappa shape index (κ1) is 16.1. The first-order valence-corrected chi connectivity index (χ1v) is 6.34. The van der Waals surface area contributed by atoms with Gasteiger partial charge < -0.3 is 19.3 Å². The lowest BCUT2D eigenvalue weighted by Crippen LogP contribution is -2.48. The highest BCUT2D eigenvalue weighted by Crippen LogP contribution is 2.21. The molecule has 0 bridgehead atoms. The van der Waals surface area contributed by atoms with E-state index in [4.69, 9.17) is 9.47 Å². The molecule has 0 aliphatic heterocycles. The Bertz CT molecular complexity index is 426. The van der Waals surface area contributed by atoms with Crippen molar-refractivity contribution in [3.63, 3.8) is 0 Å². The van der Waals surface area contributed by atoms with Crippen LogP contribution in [0.5, 0.6) is 0 Å². The van der Waals surface area contributed by atoms with Gasteiger partial charge in [0.05, 0.1) is 0 Å². The molecule has 0 saturated carbocycles. The average Bonchev–Trinajstić information content (AvgIpc) is 2.39. The number of ether oxygens (including phenoxy) is 2. The minimum Gasteiger partial charge on any atom is -0.627 e. The molecule has 0 spiro atoms. The number of hydrogen-bond donors (Lipinski definition) is 0. The molecular weight excluding hydrogens is 262 g/mol. The van der Waals surface area contributed by atoms with Crippen molar-refractivity contribution in [2.24, 2.45) is 0 Å². The summed E-state index contributed by atoms with van der Waals surface area (Å²) in [5.41, 5.74) is 0.534. The van der Waals surface area contributed by atoms with Crippen molar-refractivity contribution < 1.29 is 19.1 Å². The minimum atomic E-state index is -0.707. The number of benzene rings is 1. The third-order valence-corrected chi connectivity index (χ3v) is 2.74. The van der Waals surface area contributed by atoms with E-state index in [2.05, 4.69) is 0 Å². The summed E-state index contributed by atoms with van der Waals surface area (Å²) in [6.45, 7) is 2.78. The van der Waals surface area contributed by atoms with Gasteiger partial charge in [0.25, 0.3) is 0 Å². The molecule has 0 fully saturated rings. The van der Waals surface area contributed by atoms with E-state index >= 15 is 0 Å². The van der Waals surface area contributed by atoms with Crippen molar-refractivity contribution in [1.29, 1.82) is 0 Å². The van der Waals surface area contributed by atoms with Crippen LogP contribution in [-0.4, -0.2) is 38.2 Å². The molecule has 0 N–H and O–H groups in total. The molecular formula is C14H19NO5. The van der Waals surface area contributed by atoms with E-state index in [1.54, 1.807) is 24.3 Å². The lowest BCUT2D eigenvalue weighted by atomic mass is 10.2. The molecule has 6 heteroatoms. The second kappa shape index (κ2) is 7.62. The third kappa shape index (κ3) is 5.38. The van der Waals surface area contributed by atoms with Crippen LogP contribution in [0.1, 0.15) is 13.8 Å². The van der Waals surface area contributed by atoms with Gasteiger partial charge in [0.2, 0.25) is 0 Å². The second-order valence-corrected chi connectivity index (χ2v) is 4.35. The van der Waals surface area contributed by atoms with Crippen LogP contribution in [0.25, 0.3) is 0 Å². The number of quaternary nitrogens is 1. The van der Waals surface area contributed by atoms with Crippen molar-refractivity contribution >= 4 is 17.6 Å². The molecule has 0 aromatic heterocycles. The first-order valence-electron chi connectivity index (χ1n) is 6.34. The Morgan fingerprint density at radius 3 is 1.85 bits per heavy atom. The fourth-order valence-electron chi connectivity index (χ4n) is 1.74. The highest BCUT2D eigenvalue weighted by Gasteiger charge is 2.21. The molecule has 0 aliphatic carbocycles. The van der Waals surface area contributed by atoms with Gasteiger partial charge in [0, 0.05) is 13.8 Å². The predicted octanol–water partition coefficient (Wildman–Crippen LogP) is 1.62. The topological polar surface area (TPSA) is 75.7 Å². The van der Waals surface area contributed by atoms with Gasteiger partial charge in [-0.05, 0) is 12.1 Å². The number of hydrogen-bond acceptors (Lipinski definition) is 5. The number of esters is 2. The maximum atomic E-state index is 12.8. The molecule has 1 aromatic carbocycles. The molecule has 20 heavy (non-hydrogen) atoms. The zero-order valence-electron chi connectivity index (χ0n) is 11.7. The van der Waals surface area contributed by atoms with E-state index in [-0.39, 0.29) is 26.3 Å². The Hall–Kier alpha value is -1.92. The predicted molar refractivity (Wildman–Crippen MR) is 74.6 cm³/mol. The Kier molecular flexibility index (Phi) is 6.14. The fourth-order valence-corrected chi connectivity index (χ4v) is 1.74. The molecule has 0 aliphatic rings. The summed E-state index contributed by atoms with van der Waals surface area (Å²) in [7, 11) is 0. The summed E-state index contributed by atoms with van der Waals surface area (Å²) >= 11 is 0. The molecule has 0 amide bonds. The molecule has 1 aromatic rings. The Morgan fingerprint density at radius 2 is 1.45 bits per heavy atom. The largest absolute Gasteiger partial charge is 0.627 e. The van der Waals surface area contributed by atoms with Crippen molar-refractivity contribution in [2.45, 2.75) is 13.8 Å². The summed E-state index contributed by atoms with van der Waals surface area (Å²) < 4.78 is 8.94. The van der Waals surface area contributed by atoms with Crippen LogP contribution in [0.2, 0.25) is 0 Å². The number of para-hydroxylation sites is 1. The van der Waals surface area contributed by atoms with Gasteiger partial charge in [-0.15, -0.1) is 0 Å². The summed E-state index contributed by atoms with van der Waals surface area (Å²) in [5.74, 6) is -0.853. The van der Waals surface area contributed by atoms with Crippen molar-refractivity contribution in [1.82, 2.24) is 4.65 Å².